The topological polar surface area (TPSA) is 96.7 Å². The van der Waals surface area contributed by atoms with E-state index in [-0.39, 0.29) is 24.1 Å². The Morgan fingerprint density at radius 2 is 1.89 bits per heavy atom. The van der Waals surface area contributed by atoms with Gasteiger partial charge >= 0.3 is 11.9 Å². The molecule has 142 valence electrons. The molecular formula is C21H16FNO5. The van der Waals surface area contributed by atoms with Crippen molar-refractivity contribution in [1.82, 2.24) is 4.98 Å². The number of aromatic carboxylic acids is 1. The quantitative estimate of drug-likeness (QED) is 0.640. The van der Waals surface area contributed by atoms with Gasteiger partial charge in [0.15, 0.2) is 0 Å². The van der Waals surface area contributed by atoms with Gasteiger partial charge in [-0.25, -0.2) is 14.2 Å². The number of pyridine rings is 1. The summed E-state index contributed by atoms with van der Waals surface area (Å²) in [5.74, 6) is -2.04. The van der Waals surface area contributed by atoms with Crippen LogP contribution >= 0.6 is 0 Å². The van der Waals surface area contributed by atoms with E-state index in [1.807, 2.05) is 0 Å². The largest absolute Gasteiger partial charge is 0.493 e. The molecule has 3 aromatic rings. The van der Waals surface area contributed by atoms with E-state index in [0.717, 1.165) is 5.56 Å². The number of hydrogen-bond donors (Lipinski definition) is 2. The predicted octanol–water partition coefficient (Wildman–Crippen LogP) is 4.10. The molecule has 0 aliphatic carbocycles. The fraction of sp³-hybridized carbons (Fsp3) is 0.0952. The summed E-state index contributed by atoms with van der Waals surface area (Å²) in [6.07, 6.45) is 3.23. The van der Waals surface area contributed by atoms with Crippen molar-refractivity contribution < 1.29 is 28.9 Å². The molecule has 0 amide bonds. The lowest BCUT2D eigenvalue weighted by Gasteiger charge is -2.06. The lowest BCUT2D eigenvalue weighted by Crippen LogP contribution is -2.04. The number of carboxylic acid groups (broad SMARTS) is 2. The number of nitrogens with zero attached hydrogens (tertiary/aromatic N) is 1. The van der Waals surface area contributed by atoms with Crippen molar-refractivity contribution in [2.24, 2.45) is 0 Å². The summed E-state index contributed by atoms with van der Waals surface area (Å²) in [5.41, 5.74) is 1.42. The first-order valence-electron chi connectivity index (χ1n) is 8.39. The van der Waals surface area contributed by atoms with E-state index in [1.165, 1.54) is 24.3 Å². The van der Waals surface area contributed by atoms with Crippen molar-refractivity contribution >= 4 is 35.0 Å². The molecule has 0 bridgehead atoms. The van der Waals surface area contributed by atoms with Gasteiger partial charge in [0, 0.05) is 11.5 Å². The lowest BCUT2D eigenvalue weighted by molar-refractivity contribution is -0.137. The van der Waals surface area contributed by atoms with Crippen molar-refractivity contribution in [1.29, 1.82) is 0 Å². The molecule has 2 N–H and O–H groups in total. The molecule has 0 saturated heterocycles. The van der Waals surface area contributed by atoms with E-state index < -0.39 is 17.8 Å². The predicted molar refractivity (Wildman–Crippen MR) is 102 cm³/mol. The summed E-state index contributed by atoms with van der Waals surface area (Å²) >= 11 is 0. The van der Waals surface area contributed by atoms with Crippen LogP contribution in [0.3, 0.4) is 0 Å². The molecule has 1 aromatic heterocycles. The number of ether oxygens (including phenoxy) is 1. The highest BCUT2D eigenvalue weighted by Gasteiger charge is 2.11. The second-order valence-corrected chi connectivity index (χ2v) is 5.96. The molecule has 3 rings (SSSR count). The van der Waals surface area contributed by atoms with Crippen LogP contribution in [0.15, 0.2) is 48.5 Å². The number of carboxylic acids is 2. The highest BCUT2D eigenvalue weighted by Crippen LogP contribution is 2.21. The van der Waals surface area contributed by atoms with E-state index in [2.05, 4.69) is 4.98 Å². The second kappa shape index (κ2) is 8.30. The van der Waals surface area contributed by atoms with Crippen LogP contribution in [0.25, 0.3) is 23.1 Å². The summed E-state index contributed by atoms with van der Waals surface area (Å²) < 4.78 is 18.9. The smallest absolute Gasteiger partial charge is 0.336 e. The van der Waals surface area contributed by atoms with Crippen LogP contribution in [0, 0.1) is 5.82 Å². The number of halogens is 1. The average molecular weight is 381 g/mol. The van der Waals surface area contributed by atoms with Crippen molar-refractivity contribution in [3.63, 3.8) is 0 Å². The van der Waals surface area contributed by atoms with E-state index in [1.54, 1.807) is 36.4 Å². The molecule has 0 spiro atoms. The molecule has 1 heterocycles. The maximum absolute atomic E-state index is 13.5. The Morgan fingerprint density at radius 1 is 1.07 bits per heavy atom. The van der Waals surface area contributed by atoms with Crippen molar-refractivity contribution in [3.8, 4) is 5.75 Å². The third-order valence-electron chi connectivity index (χ3n) is 3.91. The van der Waals surface area contributed by atoms with Gasteiger partial charge in [-0.3, -0.25) is 4.79 Å². The Bertz CT molecular complexity index is 1080. The summed E-state index contributed by atoms with van der Waals surface area (Å²) in [6.45, 7) is 0.0578. The Hall–Kier alpha value is -3.74. The molecule has 0 unspecified atom stereocenters. The van der Waals surface area contributed by atoms with E-state index in [9.17, 15) is 19.1 Å². The first-order chi connectivity index (χ1) is 13.4. The lowest BCUT2D eigenvalue weighted by atomic mass is 10.1. The minimum absolute atomic E-state index is 0.0374. The summed E-state index contributed by atoms with van der Waals surface area (Å²) in [4.78, 5) is 26.4. The van der Waals surface area contributed by atoms with Crippen molar-refractivity contribution in [3.05, 3.63) is 71.2 Å². The summed E-state index contributed by atoms with van der Waals surface area (Å²) in [6, 6.07) is 12.2. The number of carbonyl (C=O) groups is 2. The molecule has 0 aliphatic heterocycles. The number of benzene rings is 2. The molecule has 0 fully saturated rings. The van der Waals surface area contributed by atoms with Gasteiger partial charge in [0.1, 0.15) is 11.6 Å². The highest BCUT2D eigenvalue weighted by atomic mass is 19.1. The van der Waals surface area contributed by atoms with Gasteiger partial charge in [0.05, 0.1) is 29.8 Å². The summed E-state index contributed by atoms with van der Waals surface area (Å²) in [5, 5.41) is 18.4. The zero-order chi connectivity index (χ0) is 20.1. The molecule has 0 radical (unpaired) electrons. The number of hydrogen-bond acceptors (Lipinski definition) is 4. The van der Waals surface area contributed by atoms with E-state index >= 15 is 0 Å². The minimum atomic E-state index is -1.12. The molecular weight excluding hydrogens is 365 g/mol. The molecule has 2 aromatic carbocycles. The third kappa shape index (κ3) is 4.70. The van der Waals surface area contributed by atoms with Crippen LogP contribution in [0.4, 0.5) is 4.39 Å². The van der Waals surface area contributed by atoms with Gasteiger partial charge in [-0.15, -0.1) is 0 Å². The van der Waals surface area contributed by atoms with E-state index in [0.29, 0.717) is 16.8 Å². The molecule has 7 heteroatoms. The SMILES string of the molecule is O=C(O)CCOc1cccc(/C=C/c2cc(C(=O)O)c3ccc(F)cc3n2)c1. The van der Waals surface area contributed by atoms with Crippen LogP contribution in [0.2, 0.25) is 0 Å². The summed E-state index contributed by atoms with van der Waals surface area (Å²) in [7, 11) is 0. The first kappa shape index (κ1) is 19.0. The van der Waals surface area contributed by atoms with Gasteiger partial charge in [-0.05, 0) is 42.0 Å². The Kier molecular flexibility index (Phi) is 5.64. The van der Waals surface area contributed by atoms with Gasteiger partial charge in [-0.2, -0.15) is 0 Å². The number of aromatic nitrogens is 1. The number of fused-ring (bicyclic) bond motifs is 1. The minimum Gasteiger partial charge on any atom is -0.493 e. The normalized spacial score (nSPS) is 11.0. The molecule has 6 nitrogen and oxygen atoms in total. The van der Waals surface area contributed by atoms with Crippen molar-refractivity contribution in [2.75, 3.05) is 6.61 Å². The second-order valence-electron chi connectivity index (χ2n) is 5.96. The molecule has 0 atom stereocenters. The molecule has 28 heavy (non-hydrogen) atoms. The van der Waals surface area contributed by atoms with Crippen LogP contribution in [0.5, 0.6) is 5.75 Å². The standard InChI is InChI=1S/C21H16FNO5/c22-14-5-7-17-18(21(26)27)12-15(23-19(17)11-14)6-4-13-2-1-3-16(10-13)28-9-8-20(24)25/h1-7,10-12H,8-9H2,(H,24,25)(H,26,27)/b6-4+. The highest BCUT2D eigenvalue weighted by molar-refractivity contribution is 6.03. The Labute approximate surface area is 159 Å². The van der Waals surface area contributed by atoms with Gasteiger partial charge in [-0.1, -0.05) is 18.2 Å². The van der Waals surface area contributed by atoms with Gasteiger partial charge < -0.3 is 14.9 Å². The zero-order valence-electron chi connectivity index (χ0n) is 14.6. The van der Waals surface area contributed by atoms with Crippen LogP contribution < -0.4 is 4.74 Å². The molecule has 0 saturated carbocycles. The Balaban J connectivity index is 1.87. The van der Waals surface area contributed by atoms with Gasteiger partial charge in [0.25, 0.3) is 0 Å². The maximum Gasteiger partial charge on any atom is 0.336 e. The molecule has 0 aliphatic rings. The maximum atomic E-state index is 13.5. The fourth-order valence-corrected chi connectivity index (χ4v) is 2.63. The van der Waals surface area contributed by atoms with Crippen LogP contribution in [-0.2, 0) is 4.79 Å². The van der Waals surface area contributed by atoms with Crippen LogP contribution in [0.1, 0.15) is 28.0 Å². The van der Waals surface area contributed by atoms with E-state index in [4.69, 9.17) is 9.84 Å². The van der Waals surface area contributed by atoms with Crippen LogP contribution in [-0.4, -0.2) is 33.7 Å². The monoisotopic (exact) mass is 381 g/mol. The number of aliphatic carboxylic acids is 1. The first-order valence-corrected chi connectivity index (χ1v) is 8.39. The van der Waals surface area contributed by atoms with Gasteiger partial charge in [0.2, 0.25) is 0 Å². The Morgan fingerprint density at radius 3 is 2.64 bits per heavy atom. The number of rotatable bonds is 7. The fourth-order valence-electron chi connectivity index (χ4n) is 2.63. The average Bonchev–Trinajstić information content (AvgIpc) is 2.65. The van der Waals surface area contributed by atoms with Crippen molar-refractivity contribution in [2.45, 2.75) is 6.42 Å². The third-order valence-corrected chi connectivity index (χ3v) is 3.91. The zero-order valence-corrected chi connectivity index (χ0v) is 14.6.